The Morgan fingerprint density at radius 3 is 1.80 bits per heavy atom. The summed E-state index contributed by atoms with van der Waals surface area (Å²) in [7, 11) is 0. The van der Waals surface area contributed by atoms with Crippen molar-refractivity contribution in [2.75, 3.05) is 6.61 Å². The molecule has 4 atom stereocenters. The summed E-state index contributed by atoms with van der Waals surface area (Å²) >= 11 is 0. The van der Waals surface area contributed by atoms with Gasteiger partial charge in [0.15, 0.2) is 6.29 Å². The van der Waals surface area contributed by atoms with Crippen LogP contribution in [-0.2, 0) is 4.79 Å². The maximum absolute atomic E-state index is 9.90. The van der Waals surface area contributed by atoms with E-state index in [0.29, 0.717) is 0 Å². The molecule has 0 unspecified atom stereocenters. The molecule has 9 nitrogen and oxygen atoms in total. The van der Waals surface area contributed by atoms with Crippen LogP contribution < -0.4 is 0 Å². The summed E-state index contributed by atoms with van der Waals surface area (Å²) in [6.07, 6.45) is -6.84. The predicted octanol–water partition coefficient (Wildman–Crippen LogP) is -2.51. The van der Waals surface area contributed by atoms with E-state index in [2.05, 4.69) is 0 Å². The summed E-state index contributed by atoms with van der Waals surface area (Å²) < 4.78 is 0. The Morgan fingerprint density at radius 2 is 1.53 bits per heavy atom. The van der Waals surface area contributed by atoms with Crippen LogP contribution >= 0.6 is 0 Å². The Bertz CT molecular complexity index is 207. The molecule has 0 fully saturated rings. The van der Waals surface area contributed by atoms with E-state index in [1.165, 1.54) is 4.91 Å². The van der Waals surface area contributed by atoms with Crippen LogP contribution in [0.5, 0.6) is 0 Å². The lowest BCUT2D eigenvalue weighted by Crippen LogP contribution is -2.46. The van der Waals surface area contributed by atoms with Crippen molar-refractivity contribution in [3.63, 3.8) is 0 Å². The van der Waals surface area contributed by atoms with Gasteiger partial charge in [0, 0.05) is 0 Å². The molecule has 0 aromatic heterocycles. The van der Waals surface area contributed by atoms with E-state index >= 15 is 0 Å². The number of aliphatic hydroxyl groups is 5. The van der Waals surface area contributed by atoms with Gasteiger partial charge in [0.2, 0.25) is 0 Å². The van der Waals surface area contributed by atoms with Gasteiger partial charge in [-0.05, 0) is 0 Å². The average Bonchev–Trinajstić information content (AvgIpc) is 2.25. The molecule has 88 valence electrons. The van der Waals surface area contributed by atoms with Crippen molar-refractivity contribution in [2.45, 2.75) is 24.4 Å². The number of carbonyl (C=O) groups is 1. The Labute approximate surface area is 84.6 Å². The average molecular weight is 222 g/mol. The van der Waals surface area contributed by atoms with Crippen LogP contribution in [0.3, 0.4) is 0 Å². The van der Waals surface area contributed by atoms with Gasteiger partial charge in [-0.15, -0.1) is 0 Å². The zero-order valence-corrected chi connectivity index (χ0v) is 7.58. The Kier molecular flexibility index (Phi) is 10.1. The third-order valence-corrected chi connectivity index (χ3v) is 1.42. The van der Waals surface area contributed by atoms with E-state index in [0.717, 1.165) is 0 Å². The number of rotatable bonds is 5. The SMILES string of the molecule is O=C[C@@H](O)[C@@H](O)[C@H](O)[C@H](O)CO.[N-]=[N+]=[N-]. The van der Waals surface area contributed by atoms with Crippen molar-refractivity contribution in [3.05, 3.63) is 16.0 Å². The van der Waals surface area contributed by atoms with Crippen molar-refractivity contribution < 1.29 is 30.3 Å². The van der Waals surface area contributed by atoms with E-state index in [4.69, 9.17) is 36.6 Å². The second kappa shape index (κ2) is 9.34. The van der Waals surface area contributed by atoms with E-state index in [1.807, 2.05) is 0 Å². The van der Waals surface area contributed by atoms with Crippen LogP contribution in [0.4, 0.5) is 0 Å². The Balaban J connectivity index is 0. The number of aliphatic hydroxyl groups excluding tert-OH is 5. The van der Waals surface area contributed by atoms with Crippen LogP contribution in [0.25, 0.3) is 16.0 Å². The minimum absolute atomic E-state index is 0.0258. The molecule has 0 amide bonds. The van der Waals surface area contributed by atoms with Crippen molar-refractivity contribution in [2.24, 2.45) is 0 Å². The fourth-order valence-electron chi connectivity index (χ4n) is 0.618. The molecule has 0 aromatic carbocycles. The summed E-state index contributed by atoms with van der Waals surface area (Å²) in [6, 6.07) is 0. The van der Waals surface area contributed by atoms with Gasteiger partial charge < -0.3 is 41.4 Å². The minimum atomic E-state index is -1.79. The van der Waals surface area contributed by atoms with E-state index in [-0.39, 0.29) is 6.29 Å². The molecule has 0 aliphatic rings. The minimum Gasteiger partial charge on any atom is -0.394 e. The number of carbonyl (C=O) groups excluding carboxylic acids is 1. The summed E-state index contributed by atoms with van der Waals surface area (Å²) in [5.41, 5.74) is 13.5. The summed E-state index contributed by atoms with van der Waals surface area (Å²) in [5.74, 6) is 0. The van der Waals surface area contributed by atoms with Crippen LogP contribution in [0, 0.1) is 0 Å². The fourth-order valence-corrected chi connectivity index (χ4v) is 0.618. The van der Waals surface area contributed by atoms with Gasteiger partial charge in [-0.3, -0.25) is 4.91 Å². The van der Waals surface area contributed by atoms with E-state index < -0.39 is 31.0 Å². The highest BCUT2D eigenvalue weighted by atomic mass is 16.4. The molecule has 0 saturated heterocycles. The first kappa shape index (κ1) is 16.2. The van der Waals surface area contributed by atoms with Crippen LogP contribution in [0.1, 0.15) is 0 Å². The number of nitrogens with zero attached hydrogens (tertiary/aromatic N) is 3. The third-order valence-electron chi connectivity index (χ3n) is 1.42. The maximum Gasteiger partial charge on any atom is 0.151 e. The molecular formula is C6H12N3O6-. The van der Waals surface area contributed by atoms with Gasteiger partial charge in [-0.1, -0.05) is 0 Å². The standard InChI is InChI=1S/C6H12O6.N3/c7-1-3(9)5(11)6(12)4(10)2-8;1-3-2/h1,3-6,8-12H,2H2;/q;-1/t3-,4-,5-,6-;/m1./s1. The van der Waals surface area contributed by atoms with Gasteiger partial charge >= 0.3 is 0 Å². The molecule has 0 heterocycles. The second-order valence-corrected chi connectivity index (χ2v) is 2.45. The topological polar surface area (TPSA) is 177 Å². The lowest BCUT2D eigenvalue weighted by atomic mass is 10.0. The molecule has 0 radical (unpaired) electrons. The molecule has 0 saturated carbocycles. The summed E-state index contributed by atoms with van der Waals surface area (Å²) in [4.78, 5) is 11.4. The molecule has 9 heteroatoms. The van der Waals surface area contributed by atoms with Crippen molar-refractivity contribution in [3.8, 4) is 0 Å². The molecule has 0 aliphatic carbocycles. The highest BCUT2D eigenvalue weighted by molar-refractivity contribution is 5.56. The molecule has 0 spiro atoms. The summed E-state index contributed by atoms with van der Waals surface area (Å²) in [5, 5.41) is 43.5. The van der Waals surface area contributed by atoms with Gasteiger partial charge in [0.25, 0.3) is 0 Å². The normalized spacial score (nSPS) is 17.4. The lowest BCUT2D eigenvalue weighted by molar-refractivity contribution is -0.136. The molecule has 5 N–H and O–H groups in total. The van der Waals surface area contributed by atoms with Crippen molar-refractivity contribution >= 4 is 6.29 Å². The van der Waals surface area contributed by atoms with Gasteiger partial charge in [0.1, 0.15) is 24.4 Å². The first-order chi connectivity index (χ1) is 6.95. The third kappa shape index (κ3) is 6.80. The number of aldehydes is 1. The van der Waals surface area contributed by atoms with Gasteiger partial charge in [0.05, 0.1) is 6.61 Å². The van der Waals surface area contributed by atoms with E-state index in [1.54, 1.807) is 0 Å². The quantitative estimate of drug-likeness (QED) is 0.148. The molecule has 0 bridgehead atoms. The maximum atomic E-state index is 9.90. The highest BCUT2D eigenvalue weighted by Gasteiger charge is 2.29. The summed E-state index contributed by atoms with van der Waals surface area (Å²) in [6.45, 7) is -0.760. The highest BCUT2D eigenvalue weighted by Crippen LogP contribution is 2.02. The Morgan fingerprint density at radius 1 is 1.13 bits per heavy atom. The van der Waals surface area contributed by atoms with Gasteiger partial charge in [-0.2, -0.15) is 0 Å². The van der Waals surface area contributed by atoms with E-state index in [9.17, 15) is 4.79 Å². The zero-order valence-electron chi connectivity index (χ0n) is 7.58. The fraction of sp³-hybridized carbons (Fsp3) is 0.833. The molecule has 0 aliphatic heterocycles. The first-order valence-electron chi connectivity index (χ1n) is 3.73. The predicted molar refractivity (Wildman–Crippen MR) is 47.3 cm³/mol. The van der Waals surface area contributed by atoms with Crippen molar-refractivity contribution in [1.82, 2.24) is 0 Å². The monoisotopic (exact) mass is 222 g/mol. The van der Waals surface area contributed by atoms with Crippen molar-refractivity contribution in [1.29, 1.82) is 0 Å². The second-order valence-electron chi connectivity index (χ2n) is 2.45. The largest absolute Gasteiger partial charge is 0.394 e. The molecule has 0 rings (SSSR count). The smallest absolute Gasteiger partial charge is 0.151 e. The lowest BCUT2D eigenvalue weighted by Gasteiger charge is -2.22. The van der Waals surface area contributed by atoms with Crippen LogP contribution in [0.2, 0.25) is 0 Å². The Hall–Kier alpha value is -1.22. The first-order valence-corrected chi connectivity index (χ1v) is 3.73. The number of hydrogen-bond donors (Lipinski definition) is 5. The van der Waals surface area contributed by atoms with Crippen LogP contribution in [-0.4, -0.2) is 62.8 Å². The zero-order chi connectivity index (χ0) is 12.4. The molecule has 15 heavy (non-hydrogen) atoms. The molecular weight excluding hydrogens is 210 g/mol. The van der Waals surface area contributed by atoms with Crippen LogP contribution in [0.15, 0.2) is 0 Å². The molecule has 0 aromatic rings. The van der Waals surface area contributed by atoms with Gasteiger partial charge in [-0.25, -0.2) is 0 Å². The number of hydrogen-bond acceptors (Lipinski definition) is 6.